The van der Waals surface area contributed by atoms with Crippen molar-refractivity contribution in [3.8, 4) is 6.07 Å². The highest BCUT2D eigenvalue weighted by atomic mass is 16.4. The number of aliphatic carboxylic acids is 1. The van der Waals surface area contributed by atoms with E-state index in [9.17, 15) is 14.7 Å². The maximum Gasteiger partial charge on any atom is 0.319 e. The normalized spacial score (nSPS) is 12.9. The monoisotopic (exact) mass is 291 g/mol. The second-order valence-electron chi connectivity index (χ2n) is 5.02. The molecule has 0 saturated heterocycles. The van der Waals surface area contributed by atoms with Crippen LogP contribution in [0, 0.1) is 18.3 Å². The molecule has 0 saturated carbocycles. The highest BCUT2D eigenvalue weighted by Crippen LogP contribution is 2.16. The molecule has 1 rings (SSSR count). The molecule has 0 aliphatic rings. The summed E-state index contributed by atoms with van der Waals surface area (Å²) < 4.78 is 0. The molecular weight excluding hydrogens is 274 g/mol. The van der Waals surface area contributed by atoms with Crippen LogP contribution >= 0.6 is 0 Å². The van der Waals surface area contributed by atoms with Crippen molar-refractivity contribution in [2.45, 2.75) is 25.9 Å². The molecule has 4 N–H and O–H groups in total. The molecule has 21 heavy (non-hydrogen) atoms. The lowest BCUT2D eigenvalue weighted by atomic mass is 10.0. The van der Waals surface area contributed by atoms with Crippen LogP contribution in [0.15, 0.2) is 18.2 Å². The topological polar surface area (TPSA) is 122 Å². The largest absolute Gasteiger partial charge is 0.481 e. The molecule has 1 aromatic carbocycles. The molecular formula is C14H17N3O4. The number of rotatable bonds is 5. The summed E-state index contributed by atoms with van der Waals surface area (Å²) in [4.78, 5) is 22.3. The first-order chi connectivity index (χ1) is 9.73. The lowest BCUT2D eigenvalue weighted by Crippen LogP contribution is -2.43. The van der Waals surface area contributed by atoms with Gasteiger partial charge in [0, 0.05) is 12.2 Å². The molecule has 7 heteroatoms. The first-order valence-electron chi connectivity index (χ1n) is 6.23. The molecule has 0 aliphatic heterocycles. The summed E-state index contributed by atoms with van der Waals surface area (Å²) in [6.45, 7) is 2.89. The van der Waals surface area contributed by atoms with Crippen molar-refractivity contribution in [1.29, 1.82) is 5.26 Å². The number of amides is 2. The molecule has 0 bridgehead atoms. The minimum absolute atomic E-state index is 0.206. The van der Waals surface area contributed by atoms with Gasteiger partial charge in [-0.3, -0.25) is 4.79 Å². The smallest absolute Gasteiger partial charge is 0.319 e. The number of hydrogen-bond acceptors (Lipinski definition) is 4. The van der Waals surface area contributed by atoms with E-state index in [1.54, 1.807) is 19.1 Å². The van der Waals surface area contributed by atoms with Gasteiger partial charge in [0.25, 0.3) is 0 Å². The predicted octanol–water partition coefficient (Wildman–Crippen LogP) is 1.21. The Morgan fingerprint density at radius 1 is 1.43 bits per heavy atom. The van der Waals surface area contributed by atoms with Crippen molar-refractivity contribution < 1.29 is 19.8 Å². The maximum atomic E-state index is 11.7. The van der Waals surface area contributed by atoms with Crippen molar-refractivity contribution >= 4 is 17.7 Å². The summed E-state index contributed by atoms with van der Waals surface area (Å²) >= 11 is 0. The number of carboxylic acid groups (broad SMARTS) is 1. The van der Waals surface area contributed by atoms with Crippen LogP contribution in [0.2, 0.25) is 0 Å². The van der Waals surface area contributed by atoms with Crippen LogP contribution in [0.25, 0.3) is 0 Å². The van der Waals surface area contributed by atoms with Crippen LogP contribution in [-0.4, -0.2) is 34.4 Å². The van der Waals surface area contributed by atoms with E-state index >= 15 is 0 Å². The predicted molar refractivity (Wildman–Crippen MR) is 75.8 cm³/mol. The van der Waals surface area contributed by atoms with Gasteiger partial charge in [0.15, 0.2) is 0 Å². The number of urea groups is 1. The van der Waals surface area contributed by atoms with Gasteiger partial charge in [-0.25, -0.2) is 4.79 Å². The van der Waals surface area contributed by atoms with E-state index in [0.717, 1.165) is 5.56 Å². The number of anilines is 1. The standard InChI is InChI=1S/C14H17N3O4/c1-9-3-4-10(7-15)5-11(9)17-13(20)16-8-14(2,21)6-12(18)19/h3-5,21H,6,8H2,1-2H3,(H,18,19)(H2,16,17,20). The van der Waals surface area contributed by atoms with Crippen molar-refractivity contribution in [2.24, 2.45) is 0 Å². The third kappa shape index (κ3) is 5.50. The maximum absolute atomic E-state index is 11.7. The second kappa shape index (κ2) is 6.72. The van der Waals surface area contributed by atoms with Gasteiger partial charge in [-0.2, -0.15) is 5.26 Å². The van der Waals surface area contributed by atoms with E-state index in [4.69, 9.17) is 10.4 Å². The molecule has 1 unspecified atom stereocenters. The summed E-state index contributed by atoms with van der Waals surface area (Å²) in [6.07, 6.45) is -0.476. The van der Waals surface area contributed by atoms with Gasteiger partial charge in [0.1, 0.15) is 0 Å². The molecule has 1 atom stereocenters. The van der Waals surface area contributed by atoms with Crippen molar-refractivity contribution in [3.05, 3.63) is 29.3 Å². The zero-order valence-electron chi connectivity index (χ0n) is 11.8. The van der Waals surface area contributed by atoms with Crippen LogP contribution in [0.1, 0.15) is 24.5 Å². The Morgan fingerprint density at radius 2 is 2.10 bits per heavy atom. The zero-order chi connectivity index (χ0) is 16.0. The lowest BCUT2D eigenvalue weighted by molar-refractivity contribution is -0.141. The van der Waals surface area contributed by atoms with Gasteiger partial charge in [0.2, 0.25) is 0 Å². The molecule has 0 spiro atoms. The Morgan fingerprint density at radius 3 is 2.67 bits per heavy atom. The number of benzene rings is 1. The number of carbonyl (C=O) groups excluding carboxylic acids is 1. The average Bonchev–Trinajstić information content (AvgIpc) is 2.38. The third-order valence-corrected chi connectivity index (χ3v) is 2.78. The van der Waals surface area contributed by atoms with E-state index in [2.05, 4.69) is 10.6 Å². The number of nitrogens with one attached hydrogen (secondary N) is 2. The first kappa shape index (κ1) is 16.5. The minimum Gasteiger partial charge on any atom is -0.481 e. The lowest BCUT2D eigenvalue weighted by Gasteiger charge is -2.21. The average molecular weight is 291 g/mol. The Bertz CT molecular complexity index is 590. The van der Waals surface area contributed by atoms with E-state index in [1.807, 2.05) is 6.07 Å². The molecule has 0 radical (unpaired) electrons. The van der Waals surface area contributed by atoms with Gasteiger partial charge in [-0.05, 0) is 31.5 Å². The zero-order valence-corrected chi connectivity index (χ0v) is 11.8. The van der Waals surface area contributed by atoms with Crippen molar-refractivity contribution in [2.75, 3.05) is 11.9 Å². The highest BCUT2D eigenvalue weighted by molar-refractivity contribution is 5.90. The SMILES string of the molecule is Cc1ccc(C#N)cc1NC(=O)NCC(C)(O)CC(=O)O. The van der Waals surface area contributed by atoms with E-state index in [-0.39, 0.29) is 6.54 Å². The van der Waals surface area contributed by atoms with Gasteiger partial charge in [0.05, 0.1) is 23.7 Å². The summed E-state index contributed by atoms with van der Waals surface area (Å²) in [6, 6.07) is 6.25. The number of nitriles is 1. The van der Waals surface area contributed by atoms with E-state index < -0.39 is 24.0 Å². The van der Waals surface area contributed by atoms with Crippen LogP contribution < -0.4 is 10.6 Å². The molecule has 7 nitrogen and oxygen atoms in total. The summed E-state index contributed by atoms with van der Waals surface area (Å²) in [7, 11) is 0. The number of nitrogens with zero attached hydrogens (tertiary/aromatic N) is 1. The minimum atomic E-state index is -1.53. The molecule has 0 heterocycles. The number of aliphatic hydroxyl groups is 1. The van der Waals surface area contributed by atoms with Crippen LogP contribution in [0.3, 0.4) is 0 Å². The fraction of sp³-hybridized carbons (Fsp3) is 0.357. The summed E-state index contributed by atoms with van der Waals surface area (Å²) in [5.41, 5.74) is 0.131. The van der Waals surface area contributed by atoms with Crippen molar-refractivity contribution in [1.82, 2.24) is 5.32 Å². The molecule has 0 aliphatic carbocycles. The number of hydrogen-bond donors (Lipinski definition) is 4. The van der Waals surface area contributed by atoms with E-state index in [0.29, 0.717) is 11.3 Å². The Balaban J connectivity index is 2.63. The molecule has 1 aromatic rings. The highest BCUT2D eigenvalue weighted by Gasteiger charge is 2.24. The fourth-order valence-corrected chi connectivity index (χ4v) is 1.65. The van der Waals surface area contributed by atoms with Gasteiger partial charge in [-0.15, -0.1) is 0 Å². The van der Waals surface area contributed by atoms with Crippen LogP contribution in [0.4, 0.5) is 10.5 Å². The molecule has 2 amide bonds. The number of aryl methyl sites for hydroxylation is 1. The van der Waals surface area contributed by atoms with Crippen LogP contribution in [0.5, 0.6) is 0 Å². The summed E-state index contributed by atoms with van der Waals surface area (Å²) in [5.74, 6) is -1.15. The Kier molecular flexibility index (Phi) is 5.27. The Hall–Kier alpha value is -2.59. The van der Waals surface area contributed by atoms with Gasteiger partial charge < -0.3 is 20.8 Å². The number of carboxylic acids is 1. The molecule has 0 aromatic heterocycles. The van der Waals surface area contributed by atoms with Crippen molar-refractivity contribution in [3.63, 3.8) is 0 Å². The van der Waals surface area contributed by atoms with Crippen LogP contribution in [-0.2, 0) is 4.79 Å². The fourth-order valence-electron chi connectivity index (χ4n) is 1.65. The van der Waals surface area contributed by atoms with Gasteiger partial charge in [-0.1, -0.05) is 6.07 Å². The third-order valence-electron chi connectivity index (χ3n) is 2.78. The Labute approximate surface area is 122 Å². The first-order valence-corrected chi connectivity index (χ1v) is 6.23. The van der Waals surface area contributed by atoms with E-state index in [1.165, 1.54) is 13.0 Å². The van der Waals surface area contributed by atoms with Gasteiger partial charge >= 0.3 is 12.0 Å². The number of carbonyl (C=O) groups is 2. The molecule has 0 fully saturated rings. The quantitative estimate of drug-likeness (QED) is 0.649. The molecule has 112 valence electrons. The summed E-state index contributed by atoms with van der Waals surface area (Å²) in [5, 5.41) is 32.2. The second-order valence-corrected chi connectivity index (χ2v) is 5.02.